The highest BCUT2D eigenvalue weighted by Crippen LogP contribution is 2.48. The van der Waals surface area contributed by atoms with Gasteiger partial charge in [-0.1, -0.05) is 127 Å². The summed E-state index contributed by atoms with van der Waals surface area (Å²) < 4.78 is 15.9. The quantitative estimate of drug-likeness (QED) is 0.180. The average Bonchev–Trinajstić information content (AvgIpc) is 3.91. The Hall–Kier alpha value is -6.10. The predicted molar refractivity (Wildman–Crippen MR) is 216 cm³/mol. The minimum atomic E-state index is 0.263. The number of nitrogens with zero attached hydrogens (tertiary/aromatic N) is 1. The molecule has 6 aromatic carbocycles. The van der Waals surface area contributed by atoms with Gasteiger partial charge in [0.2, 0.25) is 0 Å². The summed E-state index contributed by atoms with van der Waals surface area (Å²) in [4.78, 5) is 2.47. The van der Waals surface area contributed by atoms with E-state index in [1.165, 1.54) is 42.2 Å². The minimum absolute atomic E-state index is 0.263. The maximum Gasteiger partial charge on any atom is 0.159 e. The molecule has 0 bridgehead atoms. The standard InChI is InChI=1S/C48H33NO2S/c1-2-12-30(13-3-1)34-17-9-20-39-40-21-11-23-42(48(40)52-47(34)39)49(41-22-10-19-38-36-15-5-7-25-44(36)51-46(38)41)32-28-26-31(27-29-32)33-16-8-18-37-35-14-4-6-24-43(35)50-45(33)37/h1-10,12-17,19-22,24-29,37H,11,18,23H2. The van der Waals surface area contributed by atoms with Crippen molar-refractivity contribution >= 4 is 72.1 Å². The fraction of sp³-hybridized carbons (Fsp3) is 0.0833. The van der Waals surface area contributed by atoms with Crippen molar-refractivity contribution in [2.24, 2.45) is 0 Å². The number of hydrogen-bond donors (Lipinski definition) is 0. The lowest BCUT2D eigenvalue weighted by Crippen LogP contribution is -2.32. The molecule has 248 valence electrons. The van der Waals surface area contributed by atoms with E-state index in [1.807, 2.05) is 17.4 Å². The molecular weight excluding hydrogens is 655 g/mol. The normalized spacial score (nSPS) is 16.2. The van der Waals surface area contributed by atoms with Crippen molar-refractivity contribution in [2.75, 3.05) is 4.90 Å². The number of thiophene rings is 1. The zero-order valence-electron chi connectivity index (χ0n) is 28.4. The summed E-state index contributed by atoms with van der Waals surface area (Å²) in [7, 11) is 0. The number of anilines is 2. The molecule has 3 heterocycles. The molecule has 0 amide bonds. The van der Waals surface area contributed by atoms with Crippen molar-refractivity contribution in [3.8, 4) is 16.9 Å². The largest absolute Gasteiger partial charge is 0.460 e. The first-order valence-corrected chi connectivity index (χ1v) is 18.9. The summed E-state index contributed by atoms with van der Waals surface area (Å²) in [6.07, 6.45) is 9.81. The highest BCUT2D eigenvalue weighted by Gasteiger charge is 2.33. The van der Waals surface area contributed by atoms with Crippen molar-refractivity contribution in [3.05, 3.63) is 178 Å². The predicted octanol–water partition coefficient (Wildman–Crippen LogP) is 11.8. The maximum atomic E-state index is 6.71. The third kappa shape index (κ3) is 4.51. The molecule has 0 fully saturated rings. The number of para-hydroxylation sites is 3. The minimum Gasteiger partial charge on any atom is -0.460 e. The van der Waals surface area contributed by atoms with Gasteiger partial charge in [-0.25, -0.2) is 0 Å². The van der Waals surface area contributed by atoms with E-state index in [9.17, 15) is 0 Å². The fourth-order valence-electron chi connectivity index (χ4n) is 8.53. The van der Waals surface area contributed by atoms with E-state index in [0.29, 0.717) is 0 Å². The second-order valence-corrected chi connectivity index (χ2v) is 14.8. The third-order valence-corrected chi connectivity index (χ3v) is 12.2. The summed E-state index contributed by atoms with van der Waals surface area (Å²) in [5.41, 5.74) is 11.4. The second-order valence-electron chi connectivity index (χ2n) is 13.8. The Bertz CT molecular complexity index is 2910. The zero-order chi connectivity index (χ0) is 34.2. The molecule has 3 nitrogen and oxygen atoms in total. The molecule has 52 heavy (non-hydrogen) atoms. The zero-order valence-corrected chi connectivity index (χ0v) is 29.2. The van der Waals surface area contributed by atoms with Gasteiger partial charge in [0, 0.05) is 49.3 Å². The number of hydrogen-bond acceptors (Lipinski definition) is 4. The van der Waals surface area contributed by atoms with Gasteiger partial charge in [-0.15, -0.1) is 11.3 Å². The van der Waals surface area contributed by atoms with Gasteiger partial charge in [-0.3, -0.25) is 0 Å². The highest BCUT2D eigenvalue weighted by molar-refractivity contribution is 7.17. The number of benzene rings is 6. The summed E-state index contributed by atoms with van der Waals surface area (Å²) in [6.45, 7) is 0. The van der Waals surface area contributed by atoms with Crippen LogP contribution in [0, 0.1) is 0 Å². The Morgan fingerprint density at radius 1 is 0.673 bits per heavy atom. The van der Waals surface area contributed by atoms with Gasteiger partial charge >= 0.3 is 0 Å². The van der Waals surface area contributed by atoms with Crippen LogP contribution in [0.4, 0.5) is 11.4 Å². The summed E-state index contributed by atoms with van der Waals surface area (Å²) >= 11 is 1.91. The highest BCUT2D eigenvalue weighted by atomic mass is 32.1. The van der Waals surface area contributed by atoms with Crippen molar-refractivity contribution in [2.45, 2.75) is 25.2 Å². The SMILES string of the molecule is C1=CC(c2ccc(N(C3=c4sc5c(-c6ccccc6)cccc5c4=CCC3)c3cccc4c3oc3ccccc34)cc2)=C2Oc3ccccc3C2C1. The first-order valence-electron chi connectivity index (χ1n) is 18.1. The smallest absolute Gasteiger partial charge is 0.159 e. The molecule has 3 aliphatic rings. The van der Waals surface area contributed by atoms with Crippen LogP contribution in [0.1, 0.15) is 36.3 Å². The molecular formula is C48H33NO2S. The van der Waals surface area contributed by atoms with E-state index in [1.54, 1.807) is 0 Å². The number of rotatable bonds is 5. The molecule has 4 heteroatoms. The molecule has 2 aromatic heterocycles. The Labute approximate surface area is 305 Å². The fourth-order valence-corrected chi connectivity index (χ4v) is 9.93. The lowest BCUT2D eigenvalue weighted by molar-refractivity contribution is 0.429. The summed E-state index contributed by atoms with van der Waals surface area (Å²) in [6, 6.07) is 50.0. The number of ether oxygens (including phenoxy) is 1. The van der Waals surface area contributed by atoms with E-state index in [4.69, 9.17) is 9.15 Å². The molecule has 0 radical (unpaired) electrons. The third-order valence-electron chi connectivity index (χ3n) is 10.9. The van der Waals surface area contributed by atoms with E-state index in [-0.39, 0.29) is 5.92 Å². The van der Waals surface area contributed by atoms with Crippen molar-refractivity contribution < 1.29 is 9.15 Å². The molecule has 2 aliphatic carbocycles. The molecule has 0 saturated carbocycles. The van der Waals surface area contributed by atoms with Crippen LogP contribution in [-0.4, -0.2) is 0 Å². The molecule has 1 aliphatic heterocycles. The molecule has 0 spiro atoms. The lowest BCUT2D eigenvalue weighted by atomic mass is 9.87. The van der Waals surface area contributed by atoms with Crippen LogP contribution in [0.25, 0.3) is 60.5 Å². The van der Waals surface area contributed by atoms with Gasteiger partial charge in [0.15, 0.2) is 5.58 Å². The number of furan rings is 1. The van der Waals surface area contributed by atoms with Crippen LogP contribution >= 0.6 is 11.3 Å². The topological polar surface area (TPSA) is 25.6 Å². The van der Waals surface area contributed by atoms with Gasteiger partial charge in [0.1, 0.15) is 17.1 Å². The first-order chi connectivity index (χ1) is 25.8. The van der Waals surface area contributed by atoms with Gasteiger partial charge < -0.3 is 14.1 Å². The van der Waals surface area contributed by atoms with Gasteiger partial charge in [0.25, 0.3) is 0 Å². The number of allylic oxidation sites excluding steroid dienone is 4. The van der Waals surface area contributed by atoms with Crippen LogP contribution in [0.5, 0.6) is 5.75 Å². The van der Waals surface area contributed by atoms with E-state index >= 15 is 0 Å². The van der Waals surface area contributed by atoms with Crippen molar-refractivity contribution in [1.82, 2.24) is 0 Å². The molecule has 1 atom stereocenters. The van der Waals surface area contributed by atoms with E-state index in [2.05, 4.69) is 157 Å². The Morgan fingerprint density at radius 2 is 1.46 bits per heavy atom. The van der Waals surface area contributed by atoms with Crippen LogP contribution in [0.2, 0.25) is 0 Å². The Balaban J connectivity index is 1.13. The Kier molecular flexibility index (Phi) is 6.68. The summed E-state index contributed by atoms with van der Waals surface area (Å²) in [5.74, 6) is 2.30. The average molecular weight is 688 g/mol. The molecule has 1 unspecified atom stereocenters. The van der Waals surface area contributed by atoms with Crippen LogP contribution in [-0.2, 0) is 0 Å². The first kappa shape index (κ1) is 29.6. The molecule has 11 rings (SSSR count). The van der Waals surface area contributed by atoms with Gasteiger partial charge in [-0.2, -0.15) is 0 Å². The van der Waals surface area contributed by atoms with Crippen LogP contribution < -0.4 is 19.4 Å². The molecule has 0 saturated heterocycles. The number of fused-ring (bicyclic) bond motifs is 9. The Morgan fingerprint density at radius 3 is 2.38 bits per heavy atom. The van der Waals surface area contributed by atoms with Crippen LogP contribution in [0.15, 0.2) is 162 Å². The van der Waals surface area contributed by atoms with Gasteiger partial charge in [0.05, 0.1) is 10.2 Å². The van der Waals surface area contributed by atoms with E-state index in [0.717, 1.165) is 75.2 Å². The maximum absolute atomic E-state index is 6.71. The monoisotopic (exact) mass is 687 g/mol. The van der Waals surface area contributed by atoms with Crippen molar-refractivity contribution in [3.63, 3.8) is 0 Å². The summed E-state index contributed by atoms with van der Waals surface area (Å²) in [5, 5.41) is 4.92. The van der Waals surface area contributed by atoms with Crippen molar-refractivity contribution in [1.29, 1.82) is 0 Å². The van der Waals surface area contributed by atoms with E-state index < -0.39 is 0 Å². The van der Waals surface area contributed by atoms with Gasteiger partial charge in [-0.05, 0) is 71.5 Å². The lowest BCUT2D eigenvalue weighted by Gasteiger charge is -2.29. The molecule has 0 N–H and O–H groups in total. The van der Waals surface area contributed by atoms with Crippen LogP contribution in [0.3, 0.4) is 0 Å². The second kappa shape index (κ2) is 11.7. The molecule has 8 aromatic rings.